The fourth-order valence-corrected chi connectivity index (χ4v) is 9.05. The predicted molar refractivity (Wildman–Crippen MR) is 254 cm³/mol. The third kappa shape index (κ3) is 15.1. The number of methoxy groups -OCH3 is 1. The highest BCUT2D eigenvalue weighted by atomic mass is 16.7. The van der Waals surface area contributed by atoms with Gasteiger partial charge in [0.1, 0.15) is 41.8 Å². The van der Waals surface area contributed by atoms with Crippen LogP contribution in [0.5, 0.6) is 11.5 Å². The highest BCUT2D eigenvalue weighted by Crippen LogP contribution is 2.39. The lowest BCUT2D eigenvalue weighted by molar-refractivity contribution is -0.295. The molecule has 2 saturated heterocycles. The van der Waals surface area contributed by atoms with E-state index in [0.717, 1.165) is 36.6 Å². The Balaban J connectivity index is 1.37. The van der Waals surface area contributed by atoms with E-state index < -0.39 is 77.3 Å². The number of nitrogens with zero attached hydrogens (tertiary/aromatic N) is 2. The van der Waals surface area contributed by atoms with Crippen molar-refractivity contribution >= 4 is 23.2 Å². The summed E-state index contributed by atoms with van der Waals surface area (Å²) in [5.74, 6) is -3.16. The van der Waals surface area contributed by atoms with Gasteiger partial charge in [-0.3, -0.25) is 9.59 Å². The quantitative estimate of drug-likeness (QED) is 0.0461. The Labute approximate surface area is 393 Å². The van der Waals surface area contributed by atoms with Crippen LogP contribution in [-0.4, -0.2) is 152 Å². The van der Waals surface area contributed by atoms with Gasteiger partial charge in [-0.1, -0.05) is 51.0 Å². The van der Waals surface area contributed by atoms with Crippen molar-refractivity contribution in [3.63, 3.8) is 0 Å². The van der Waals surface area contributed by atoms with Crippen LogP contribution in [0, 0.1) is 23.7 Å². The van der Waals surface area contributed by atoms with Crippen molar-refractivity contribution in [3.05, 3.63) is 54.6 Å². The number of rotatable bonds is 20. The lowest BCUT2D eigenvalue weighted by atomic mass is 9.74. The lowest BCUT2D eigenvalue weighted by Gasteiger charge is -2.47. The molecule has 0 saturated carbocycles. The molecular formula is C50H80N4O12. The lowest BCUT2D eigenvalue weighted by Crippen LogP contribution is -2.60. The first-order valence-corrected chi connectivity index (χ1v) is 23.7. The second-order valence-electron chi connectivity index (χ2n) is 18.7. The molecule has 13 atom stereocenters. The van der Waals surface area contributed by atoms with Gasteiger partial charge in [-0.05, 0) is 117 Å². The molecule has 2 heterocycles. The van der Waals surface area contributed by atoms with Gasteiger partial charge in [-0.15, -0.1) is 0 Å². The number of carbonyl (C=O) groups excluding carboxylic acids is 2. The molecule has 2 aromatic rings. The van der Waals surface area contributed by atoms with Crippen LogP contribution in [0.25, 0.3) is 0 Å². The average Bonchev–Trinajstić information content (AvgIpc) is 3.29. The number of para-hydroxylation sites is 1. The molecule has 4 rings (SSSR count). The summed E-state index contributed by atoms with van der Waals surface area (Å²) in [4.78, 5) is 35.7. The zero-order valence-corrected chi connectivity index (χ0v) is 41.2. The molecule has 372 valence electrons. The standard InChI is InChI=1S/C50H80N4O12/c1-12-41-50(8,59)45(57)34(4)42(53-62-29-26-51-24-16-27-61-28-17-25-52-37-20-22-39(23-21-37)64-38-18-14-13-15-19-38)32(2)31-49(7,60-11)46(35(5)43(55)36(6)47(58)65-41)66-48-44(56)40(54(9)10)30-33(3)63-48/h13-15,18-23,32-36,40-41,44-46,48,51-52,56-57,59H,12,16-17,24-31H2,1-11H3/b53-42+/t32-,33-,34-,35+,36-,40+,41+,44-,45-,46-,48+,49+,50-/m1/s1. The Kier molecular flexibility index (Phi) is 21.8. The SMILES string of the molecule is CC[C@@H]1OC(=O)[C@H](C)C(=O)[C@H](C)[C@@H](O[C@@H]2O[C@H](C)C[C@H](N(C)C)[C@H]2O)[C@@](C)(OC)C[C@@H](C)/C(=N\OCCNCCCOCCCNc2ccc(Oc3ccccc3)cc2)[C@@H](C)[C@@H](O)[C@]1(C)O. The first kappa shape index (κ1) is 54.9. The summed E-state index contributed by atoms with van der Waals surface area (Å²) in [6.07, 6.45) is -3.42. The maximum Gasteiger partial charge on any atom is 0.316 e. The zero-order valence-electron chi connectivity index (χ0n) is 41.2. The van der Waals surface area contributed by atoms with Crippen LogP contribution in [0.2, 0.25) is 0 Å². The van der Waals surface area contributed by atoms with E-state index in [1.807, 2.05) is 94.4 Å². The van der Waals surface area contributed by atoms with Gasteiger partial charge in [0, 0.05) is 62.9 Å². The number of ketones is 1. The number of aliphatic hydroxyl groups is 3. The fraction of sp³-hybridized carbons (Fsp3) is 0.700. The Morgan fingerprint density at radius 1 is 0.879 bits per heavy atom. The number of carbonyl (C=O) groups is 2. The molecule has 2 aliphatic heterocycles. The van der Waals surface area contributed by atoms with Gasteiger partial charge >= 0.3 is 5.97 Å². The van der Waals surface area contributed by atoms with Gasteiger partial charge in [0.25, 0.3) is 0 Å². The molecule has 0 amide bonds. The number of hydrogen-bond donors (Lipinski definition) is 5. The number of nitrogens with one attached hydrogen (secondary N) is 2. The Bertz CT molecular complexity index is 1780. The smallest absolute Gasteiger partial charge is 0.316 e. The summed E-state index contributed by atoms with van der Waals surface area (Å²) < 4.78 is 36.6. The van der Waals surface area contributed by atoms with Crippen molar-refractivity contribution in [1.29, 1.82) is 0 Å². The van der Waals surface area contributed by atoms with Crippen LogP contribution in [0.1, 0.15) is 87.5 Å². The summed E-state index contributed by atoms with van der Waals surface area (Å²) in [5, 5.41) is 46.5. The number of ether oxygens (including phenoxy) is 6. The minimum absolute atomic E-state index is 0.169. The van der Waals surface area contributed by atoms with Gasteiger partial charge in [0.05, 0.1) is 29.6 Å². The van der Waals surface area contributed by atoms with Crippen LogP contribution >= 0.6 is 0 Å². The molecule has 0 aromatic heterocycles. The van der Waals surface area contributed by atoms with Gasteiger partial charge in [-0.25, -0.2) is 0 Å². The number of anilines is 1. The zero-order chi connectivity index (χ0) is 48.6. The topological polar surface area (TPSA) is 199 Å². The molecular weight excluding hydrogens is 849 g/mol. The van der Waals surface area contributed by atoms with E-state index in [1.165, 1.54) is 21.0 Å². The molecule has 66 heavy (non-hydrogen) atoms. The molecule has 0 bridgehead atoms. The molecule has 0 unspecified atom stereocenters. The molecule has 2 aliphatic rings. The summed E-state index contributed by atoms with van der Waals surface area (Å²) in [6.45, 7) is 17.1. The second-order valence-corrected chi connectivity index (χ2v) is 18.7. The van der Waals surface area contributed by atoms with E-state index in [4.69, 9.17) is 33.3 Å². The van der Waals surface area contributed by atoms with Gasteiger partial charge in [-0.2, -0.15) is 0 Å². The molecule has 0 radical (unpaired) electrons. The highest BCUT2D eigenvalue weighted by Gasteiger charge is 2.51. The van der Waals surface area contributed by atoms with Crippen molar-refractivity contribution in [2.24, 2.45) is 28.8 Å². The number of benzene rings is 2. The van der Waals surface area contributed by atoms with Crippen molar-refractivity contribution in [1.82, 2.24) is 10.2 Å². The molecule has 16 nitrogen and oxygen atoms in total. The van der Waals surface area contributed by atoms with E-state index in [1.54, 1.807) is 20.8 Å². The van der Waals surface area contributed by atoms with Crippen LogP contribution in [0.3, 0.4) is 0 Å². The van der Waals surface area contributed by atoms with E-state index >= 15 is 0 Å². The number of oxime groups is 1. The van der Waals surface area contributed by atoms with Crippen LogP contribution in [0.15, 0.2) is 59.8 Å². The van der Waals surface area contributed by atoms with Crippen LogP contribution in [-0.2, 0) is 38.1 Å². The van der Waals surface area contributed by atoms with Crippen LogP contribution < -0.4 is 15.4 Å². The normalized spacial score (nSPS) is 33.3. The number of Topliss-reactive ketones (excluding diaryl/α,β-unsaturated/α-hetero) is 1. The molecule has 16 heteroatoms. The molecule has 0 aliphatic carbocycles. The maximum atomic E-state index is 14.2. The molecule has 2 fully saturated rings. The number of esters is 1. The third-order valence-corrected chi connectivity index (χ3v) is 13.2. The monoisotopic (exact) mass is 929 g/mol. The summed E-state index contributed by atoms with van der Waals surface area (Å²) in [5.41, 5.74) is -1.70. The van der Waals surface area contributed by atoms with E-state index in [2.05, 4.69) is 15.8 Å². The van der Waals surface area contributed by atoms with Gasteiger partial charge in [0.15, 0.2) is 12.1 Å². The summed E-state index contributed by atoms with van der Waals surface area (Å²) >= 11 is 0. The van der Waals surface area contributed by atoms with E-state index in [-0.39, 0.29) is 31.6 Å². The van der Waals surface area contributed by atoms with Crippen molar-refractivity contribution in [2.45, 2.75) is 142 Å². The molecule has 0 spiro atoms. The number of aliphatic hydroxyl groups excluding tert-OH is 2. The van der Waals surface area contributed by atoms with Gasteiger partial charge < -0.3 is 64.1 Å². The van der Waals surface area contributed by atoms with Crippen molar-refractivity contribution < 1.29 is 58.2 Å². The summed E-state index contributed by atoms with van der Waals surface area (Å²) in [7, 11) is 5.28. The number of cyclic esters (lactones) is 1. The van der Waals surface area contributed by atoms with Crippen LogP contribution in [0.4, 0.5) is 5.69 Å². The Morgan fingerprint density at radius 3 is 2.17 bits per heavy atom. The fourth-order valence-electron chi connectivity index (χ4n) is 9.05. The highest BCUT2D eigenvalue weighted by molar-refractivity contribution is 6.00. The molecule has 5 N–H and O–H groups in total. The Morgan fingerprint density at radius 2 is 1.53 bits per heavy atom. The number of hydrogen-bond acceptors (Lipinski definition) is 16. The summed E-state index contributed by atoms with van der Waals surface area (Å²) in [6, 6.07) is 17.3. The van der Waals surface area contributed by atoms with Crippen molar-refractivity contribution in [2.75, 3.05) is 66.0 Å². The molecule has 2 aromatic carbocycles. The largest absolute Gasteiger partial charge is 0.459 e. The van der Waals surface area contributed by atoms with Crippen molar-refractivity contribution in [3.8, 4) is 11.5 Å². The average molecular weight is 929 g/mol. The third-order valence-electron chi connectivity index (χ3n) is 13.2. The first-order chi connectivity index (χ1) is 31.3. The van der Waals surface area contributed by atoms with Gasteiger partial charge in [0.2, 0.25) is 0 Å². The first-order valence-electron chi connectivity index (χ1n) is 23.7. The maximum absolute atomic E-state index is 14.2. The predicted octanol–water partition coefficient (Wildman–Crippen LogP) is 5.82. The second kappa shape index (κ2) is 26.2. The minimum atomic E-state index is -1.92. The number of likely N-dealkylation sites (N-methyl/N-ethyl adjacent to an activating group) is 1. The minimum Gasteiger partial charge on any atom is -0.459 e. The Hall–Kier alpha value is -3.71. The van der Waals surface area contributed by atoms with E-state index in [0.29, 0.717) is 38.4 Å². The van der Waals surface area contributed by atoms with E-state index in [9.17, 15) is 24.9 Å².